The summed E-state index contributed by atoms with van der Waals surface area (Å²) < 4.78 is 9.34. The molecule has 0 spiro atoms. The molecule has 17 heteroatoms. The van der Waals surface area contributed by atoms with Crippen molar-refractivity contribution in [2.75, 3.05) is 11.5 Å². The molecule has 14 nitrogen and oxygen atoms in total. The van der Waals surface area contributed by atoms with E-state index < -0.39 is 34.1 Å². The van der Waals surface area contributed by atoms with Gasteiger partial charge < -0.3 is 20.6 Å². The molecular formula is C24H18ClN7O7S2. The third kappa shape index (κ3) is 6.13. The number of nitrogen functional groups attached to an aromatic ring is 1. The van der Waals surface area contributed by atoms with Crippen LogP contribution < -0.4 is 15.9 Å². The molecule has 0 saturated carbocycles. The van der Waals surface area contributed by atoms with Crippen LogP contribution in [-0.4, -0.2) is 59.8 Å². The maximum absolute atomic E-state index is 13.2. The summed E-state index contributed by atoms with van der Waals surface area (Å²) in [5.74, 6) is -1.47. The summed E-state index contributed by atoms with van der Waals surface area (Å²) in [6.45, 7) is -0.147. The van der Waals surface area contributed by atoms with Crippen LogP contribution in [0, 0.1) is 10.1 Å². The second-order valence-corrected chi connectivity index (χ2v) is 10.8. The lowest BCUT2D eigenvalue weighted by Gasteiger charge is -2.48. The third-order valence-corrected chi connectivity index (χ3v) is 7.76. The molecule has 2 amide bonds. The average Bonchev–Trinajstić information content (AvgIpc) is 3.40. The van der Waals surface area contributed by atoms with Crippen LogP contribution in [0.3, 0.4) is 0 Å². The number of non-ortho nitro benzene ring substituents is 1. The first-order valence-corrected chi connectivity index (χ1v) is 13.9. The Morgan fingerprint density at radius 2 is 1.95 bits per heavy atom. The summed E-state index contributed by atoms with van der Waals surface area (Å²) >= 11 is 8.08. The number of nitro benzene ring substituents is 1. The fourth-order valence-corrected chi connectivity index (χ4v) is 5.54. The van der Waals surface area contributed by atoms with Gasteiger partial charge in [-0.25, -0.2) is 4.79 Å². The molecule has 3 aromatic rings. The molecule has 5 rings (SSSR count). The van der Waals surface area contributed by atoms with Crippen molar-refractivity contribution in [1.82, 2.24) is 19.6 Å². The largest absolute Gasteiger partial charge is 0.456 e. The van der Waals surface area contributed by atoms with E-state index in [1.165, 1.54) is 40.9 Å². The number of carbonyl (C=O) groups excluding carboxylic acids is 3. The van der Waals surface area contributed by atoms with Crippen LogP contribution in [0.25, 0.3) is 0 Å². The van der Waals surface area contributed by atoms with Gasteiger partial charge in [0.15, 0.2) is 10.9 Å². The third-order valence-electron chi connectivity index (χ3n) is 5.78. The van der Waals surface area contributed by atoms with Gasteiger partial charge in [0.25, 0.3) is 17.5 Å². The molecule has 1 aromatic heterocycles. The van der Waals surface area contributed by atoms with E-state index in [0.29, 0.717) is 22.1 Å². The minimum Gasteiger partial charge on any atom is -0.456 e. The zero-order chi connectivity index (χ0) is 29.1. The van der Waals surface area contributed by atoms with Crippen molar-refractivity contribution >= 4 is 69.2 Å². The number of hydrogen-bond donors (Lipinski definition) is 2. The Bertz CT molecular complexity index is 1580. The van der Waals surface area contributed by atoms with E-state index in [4.69, 9.17) is 26.9 Å². The zero-order valence-electron chi connectivity index (χ0n) is 20.6. The van der Waals surface area contributed by atoms with E-state index in [9.17, 15) is 24.5 Å². The Kier molecular flexibility index (Phi) is 8.14. The second-order valence-electron chi connectivity index (χ2n) is 8.41. The van der Waals surface area contributed by atoms with Crippen molar-refractivity contribution in [1.29, 1.82) is 0 Å². The molecule has 0 aliphatic carbocycles. The molecule has 2 aromatic carbocycles. The van der Waals surface area contributed by atoms with Gasteiger partial charge >= 0.3 is 5.97 Å². The number of oxime groups is 1. The number of halogens is 1. The molecule has 1 saturated heterocycles. The molecule has 3 N–H and O–H groups in total. The highest BCUT2D eigenvalue weighted by Crippen LogP contribution is 2.38. The Labute approximate surface area is 244 Å². The van der Waals surface area contributed by atoms with Crippen molar-refractivity contribution in [3.8, 4) is 5.75 Å². The van der Waals surface area contributed by atoms with Crippen molar-refractivity contribution in [3.05, 3.63) is 86.8 Å². The predicted molar refractivity (Wildman–Crippen MR) is 149 cm³/mol. The number of amides is 2. The Morgan fingerprint density at radius 3 is 2.61 bits per heavy atom. The topological polar surface area (TPSA) is 192 Å². The van der Waals surface area contributed by atoms with Gasteiger partial charge in [0.1, 0.15) is 23.7 Å². The van der Waals surface area contributed by atoms with Crippen LogP contribution in [-0.2, 0) is 25.7 Å². The molecule has 0 radical (unpaired) electrons. The highest BCUT2D eigenvalue weighted by molar-refractivity contribution is 8.00. The van der Waals surface area contributed by atoms with Gasteiger partial charge in [-0.2, -0.15) is 9.36 Å². The molecule has 2 aliphatic rings. The van der Waals surface area contributed by atoms with Crippen molar-refractivity contribution in [2.24, 2.45) is 5.16 Å². The number of aromatic nitrogens is 2. The number of benzene rings is 2. The number of β-lactam (4-membered cyclic amide) rings is 1. The summed E-state index contributed by atoms with van der Waals surface area (Å²) in [6, 6.07) is 10.8. The summed E-state index contributed by atoms with van der Waals surface area (Å²) in [7, 11) is 0. The maximum Gasteiger partial charge on any atom is 0.355 e. The molecule has 210 valence electrons. The number of thioether (sulfide) groups is 1. The highest BCUT2D eigenvalue weighted by Gasteiger charge is 2.53. The van der Waals surface area contributed by atoms with Crippen molar-refractivity contribution in [2.45, 2.75) is 18.0 Å². The molecule has 0 bridgehead atoms. The van der Waals surface area contributed by atoms with E-state index >= 15 is 0 Å². The first kappa shape index (κ1) is 28.0. The summed E-state index contributed by atoms with van der Waals surface area (Å²) in [6.07, 6.45) is 1.56. The van der Waals surface area contributed by atoms with Crippen LogP contribution in [0.4, 0.5) is 10.8 Å². The van der Waals surface area contributed by atoms with E-state index in [1.807, 2.05) is 0 Å². The lowest BCUT2D eigenvalue weighted by molar-refractivity contribution is -0.384. The van der Waals surface area contributed by atoms with Gasteiger partial charge in [-0.15, -0.1) is 11.8 Å². The summed E-state index contributed by atoms with van der Waals surface area (Å²) in [5.41, 5.74) is 5.86. The number of nitrogens with two attached hydrogens (primary N) is 1. The SMILES string of the molecule is Nc1nc(C(=NOc2ccc(Cl)cc2)C(=O)NC2C(=O)N3C(C(=O)OCc4ccc([N+](=O)[O-])cc4)=CCS[C@@H]23)ns1. The number of anilines is 1. The fourth-order valence-electron chi connectivity index (χ4n) is 3.78. The molecule has 1 unspecified atom stereocenters. The van der Waals surface area contributed by atoms with Gasteiger partial charge in [-0.1, -0.05) is 16.8 Å². The number of nitro groups is 1. The minimum absolute atomic E-state index is 0.0417. The summed E-state index contributed by atoms with van der Waals surface area (Å²) in [4.78, 5) is 59.9. The number of fused-ring (bicyclic) bond motifs is 1. The van der Waals surface area contributed by atoms with Crippen LogP contribution in [0.1, 0.15) is 11.4 Å². The normalized spacial score (nSPS) is 18.1. The van der Waals surface area contributed by atoms with Gasteiger partial charge in [-0.3, -0.25) is 24.6 Å². The van der Waals surface area contributed by atoms with Gasteiger partial charge in [0.05, 0.1) is 4.92 Å². The monoisotopic (exact) mass is 615 g/mol. The Hall–Kier alpha value is -4.54. The van der Waals surface area contributed by atoms with E-state index in [1.54, 1.807) is 30.3 Å². The van der Waals surface area contributed by atoms with Crippen LogP contribution in [0.5, 0.6) is 5.75 Å². The number of esters is 1. The van der Waals surface area contributed by atoms with Gasteiger partial charge in [0, 0.05) is 34.4 Å². The number of hydrogen-bond acceptors (Lipinski definition) is 13. The second kappa shape index (κ2) is 11.9. The zero-order valence-corrected chi connectivity index (χ0v) is 23.0. The maximum atomic E-state index is 13.2. The average molecular weight is 616 g/mol. The van der Waals surface area contributed by atoms with Crippen LogP contribution in [0.15, 0.2) is 65.5 Å². The van der Waals surface area contributed by atoms with Crippen molar-refractivity contribution in [3.63, 3.8) is 0 Å². The number of carbonyl (C=O) groups is 3. The number of nitrogens with zero attached hydrogens (tertiary/aromatic N) is 5. The molecule has 3 heterocycles. The molecule has 1 fully saturated rings. The van der Waals surface area contributed by atoms with E-state index in [0.717, 1.165) is 11.5 Å². The van der Waals surface area contributed by atoms with Crippen LogP contribution in [0.2, 0.25) is 5.02 Å². The van der Waals surface area contributed by atoms with E-state index in [-0.39, 0.29) is 34.7 Å². The van der Waals surface area contributed by atoms with Gasteiger partial charge in [0.2, 0.25) is 11.5 Å². The number of ether oxygens (including phenoxy) is 1. The van der Waals surface area contributed by atoms with Crippen molar-refractivity contribution < 1.29 is 28.9 Å². The first-order valence-electron chi connectivity index (χ1n) is 11.7. The van der Waals surface area contributed by atoms with Gasteiger partial charge in [-0.05, 0) is 48.0 Å². The summed E-state index contributed by atoms with van der Waals surface area (Å²) in [5, 5.41) is 17.3. The molecule has 41 heavy (non-hydrogen) atoms. The first-order chi connectivity index (χ1) is 19.7. The van der Waals surface area contributed by atoms with Crippen LogP contribution >= 0.6 is 34.9 Å². The smallest absolute Gasteiger partial charge is 0.355 e. The standard InChI is InChI=1S/C24H18ClN7O7S2/c25-13-3-7-15(8-4-13)39-29-17(19-28-24(26)41-30-19)20(33)27-18-21(34)31-16(9-10-40-22(18)31)23(35)38-11-12-1-5-14(6-2-12)32(36)37/h1-9,18,22H,10-11H2,(H,27,33)(H2,26,28,30)/t18?,22-/m0/s1. The highest BCUT2D eigenvalue weighted by atomic mass is 35.5. The molecule has 2 aliphatic heterocycles. The van der Waals surface area contributed by atoms with E-state index in [2.05, 4.69) is 19.8 Å². The number of rotatable bonds is 9. The number of nitrogens with one attached hydrogen (secondary N) is 1. The Morgan fingerprint density at radius 1 is 1.22 bits per heavy atom. The molecular weight excluding hydrogens is 598 g/mol. The fraction of sp³-hybridized carbons (Fsp3) is 0.167. The molecule has 2 atom stereocenters. The predicted octanol–water partition coefficient (Wildman–Crippen LogP) is 2.49. The lowest BCUT2D eigenvalue weighted by atomic mass is 10.0. The Balaban J connectivity index is 1.24. The lowest BCUT2D eigenvalue weighted by Crippen LogP contribution is -2.70. The minimum atomic E-state index is -0.976. The quantitative estimate of drug-likeness (QED) is 0.118.